The third-order valence-corrected chi connectivity index (χ3v) is 3.65. The number of benzene rings is 1. The van der Waals surface area contributed by atoms with E-state index in [0.29, 0.717) is 0 Å². The second-order valence-electron chi connectivity index (χ2n) is 5.30. The minimum atomic E-state index is -1.64. The molecule has 1 aliphatic carbocycles. The molecular formula is C13H18O2Si. The van der Waals surface area contributed by atoms with E-state index < -0.39 is 8.32 Å². The van der Waals surface area contributed by atoms with E-state index in [1.807, 2.05) is 6.07 Å². The van der Waals surface area contributed by atoms with Crippen molar-refractivity contribution in [2.75, 3.05) is 0 Å². The van der Waals surface area contributed by atoms with Crippen LogP contribution in [0.5, 0.6) is 5.75 Å². The van der Waals surface area contributed by atoms with Crippen molar-refractivity contribution in [3.05, 3.63) is 28.8 Å². The fourth-order valence-electron chi connectivity index (χ4n) is 2.22. The Morgan fingerprint density at radius 3 is 2.62 bits per heavy atom. The van der Waals surface area contributed by atoms with Gasteiger partial charge in [-0.15, -0.1) is 0 Å². The van der Waals surface area contributed by atoms with Gasteiger partial charge in [-0.25, -0.2) is 0 Å². The summed E-state index contributed by atoms with van der Waals surface area (Å²) in [6, 6.07) is 4.08. The molecule has 2 nitrogen and oxygen atoms in total. The van der Waals surface area contributed by atoms with E-state index in [-0.39, 0.29) is 0 Å². The molecule has 1 aliphatic rings. The number of hydrogen-bond donors (Lipinski definition) is 0. The molecule has 0 spiro atoms. The van der Waals surface area contributed by atoms with Gasteiger partial charge < -0.3 is 4.43 Å². The summed E-state index contributed by atoms with van der Waals surface area (Å²) >= 11 is 0. The number of fused-ring (bicyclic) bond motifs is 1. The Morgan fingerprint density at radius 2 is 2.00 bits per heavy atom. The molecule has 0 N–H and O–H groups in total. The van der Waals surface area contributed by atoms with Crippen molar-refractivity contribution in [3.63, 3.8) is 0 Å². The Labute approximate surface area is 97.8 Å². The number of aryl methyl sites for hydroxylation is 1. The van der Waals surface area contributed by atoms with E-state index in [1.165, 1.54) is 11.1 Å². The Kier molecular flexibility index (Phi) is 2.89. The predicted octanol–water partition coefficient (Wildman–Crippen LogP) is 3.20. The zero-order valence-corrected chi connectivity index (χ0v) is 11.2. The molecule has 1 aromatic rings. The molecule has 0 saturated heterocycles. The van der Waals surface area contributed by atoms with Crippen LogP contribution in [0.2, 0.25) is 19.6 Å². The zero-order valence-electron chi connectivity index (χ0n) is 10.2. The van der Waals surface area contributed by atoms with Crippen LogP contribution in [0.25, 0.3) is 0 Å². The molecule has 0 amide bonds. The number of aldehydes is 1. The molecule has 0 heterocycles. The third kappa shape index (κ3) is 2.19. The van der Waals surface area contributed by atoms with Crippen LogP contribution >= 0.6 is 0 Å². The lowest BCUT2D eigenvalue weighted by Gasteiger charge is -2.21. The maximum absolute atomic E-state index is 11.2. The summed E-state index contributed by atoms with van der Waals surface area (Å²) in [6.45, 7) is 6.40. The summed E-state index contributed by atoms with van der Waals surface area (Å²) in [4.78, 5) is 11.2. The molecule has 0 radical (unpaired) electrons. The van der Waals surface area contributed by atoms with E-state index >= 15 is 0 Å². The fourth-order valence-corrected chi connectivity index (χ4v) is 3.06. The van der Waals surface area contributed by atoms with Crippen LogP contribution in [-0.4, -0.2) is 14.6 Å². The van der Waals surface area contributed by atoms with E-state index in [2.05, 4.69) is 25.7 Å². The second-order valence-corrected chi connectivity index (χ2v) is 9.73. The molecule has 0 fully saturated rings. The highest BCUT2D eigenvalue weighted by Gasteiger charge is 2.22. The highest BCUT2D eigenvalue weighted by molar-refractivity contribution is 6.70. The Balaban J connectivity index is 2.43. The maximum Gasteiger partial charge on any atom is 0.242 e. The lowest BCUT2D eigenvalue weighted by Crippen LogP contribution is -2.30. The Hall–Kier alpha value is -1.09. The standard InChI is InChI=1S/C13H18O2Si/c1-16(2,3)15-13-8-7-10-5-4-6-11(10)12(13)9-14/h7-9H,4-6H2,1-3H3. The van der Waals surface area contributed by atoms with Crippen molar-refractivity contribution in [2.45, 2.75) is 38.9 Å². The lowest BCUT2D eigenvalue weighted by molar-refractivity contribution is 0.112. The highest BCUT2D eigenvalue weighted by Crippen LogP contribution is 2.31. The summed E-state index contributed by atoms with van der Waals surface area (Å²) < 4.78 is 5.96. The van der Waals surface area contributed by atoms with Crippen LogP contribution in [-0.2, 0) is 12.8 Å². The van der Waals surface area contributed by atoms with Crippen LogP contribution in [0.3, 0.4) is 0 Å². The molecule has 2 rings (SSSR count). The minimum absolute atomic E-state index is 0.787. The second kappa shape index (κ2) is 4.05. The quantitative estimate of drug-likeness (QED) is 0.593. The van der Waals surface area contributed by atoms with Gasteiger partial charge in [0.2, 0.25) is 8.32 Å². The molecule has 3 heteroatoms. The van der Waals surface area contributed by atoms with Gasteiger partial charge in [0.1, 0.15) is 5.75 Å². The molecule has 0 saturated carbocycles. The first-order valence-electron chi connectivity index (χ1n) is 5.80. The zero-order chi connectivity index (χ0) is 11.8. The summed E-state index contributed by atoms with van der Waals surface area (Å²) in [5.41, 5.74) is 3.33. The van der Waals surface area contributed by atoms with Crippen LogP contribution < -0.4 is 4.43 Å². The van der Waals surface area contributed by atoms with Gasteiger partial charge in [-0.2, -0.15) is 0 Å². The van der Waals surface area contributed by atoms with Crippen LogP contribution in [0.4, 0.5) is 0 Å². The third-order valence-electron chi connectivity index (χ3n) is 2.82. The first-order valence-corrected chi connectivity index (χ1v) is 9.21. The molecular weight excluding hydrogens is 216 g/mol. The smallest absolute Gasteiger partial charge is 0.242 e. The lowest BCUT2D eigenvalue weighted by atomic mass is 10.0. The minimum Gasteiger partial charge on any atom is -0.544 e. The molecule has 0 atom stereocenters. The largest absolute Gasteiger partial charge is 0.544 e. The van der Waals surface area contributed by atoms with Crippen molar-refractivity contribution in [2.24, 2.45) is 0 Å². The summed E-state index contributed by atoms with van der Waals surface area (Å²) in [5, 5.41) is 0. The highest BCUT2D eigenvalue weighted by atomic mass is 28.4. The monoisotopic (exact) mass is 234 g/mol. The van der Waals surface area contributed by atoms with Crippen LogP contribution in [0, 0.1) is 0 Å². The summed E-state index contributed by atoms with van der Waals surface area (Å²) in [7, 11) is -1.64. The Bertz CT molecular complexity index is 419. The number of carbonyl (C=O) groups excluding carboxylic acids is 1. The van der Waals surface area contributed by atoms with Gasteiger partial charge in [-0.1, -0.05) is 6.07 Å². The van der Waals surface area contributed by atoms with Gasteiger partial charge in [0.05, 0.1) is 5.56 Å². The molecule has 1 aromatic carbocycles. The molecule has 0 bridgehead atoms. The van der Waals surface area contributed by atoms with Crippen molar-refractivity contribution in [3.8, 4) is 5.75 Å². The normalized spacial score (nSPS) is 14.7. The van der Waals surface area contributed by atoms with E-state index in [4.69, 9.17) is 4.43 Å². The van der Waals surface area contributed by atoms with Crippen molar-refractivity contribution in [1.29, 1.82) is 0 Å². The SMILES string of the molecule is C[Si](C)(C)Oc1ccc2c(c1C=O)CCC2. The van der Waals surface area contributed by atoms with Gasteiger partial charge in [0.25, 0.3) is 0 Å². The van der Waals surface area contributed by atoms with Crippen molar-refractivity contribution in [1.82, 2.24) is 0 Å². The van der Waals surface area contributed by atoms with E-state index in [1.54, 1.807) is 0 Å². The average molecular weight is 234 g/mol. The number of hydrogen-bond acceptors (Lipinski definition) is 2. The predicted molar refractivity (Wildman–Crippen MR) is 67.8 cm³/mol. The van der Waals surface area contributed by atoms with Gasteiger partial charge in [0.15, 0.2) is 6.29 Å². The summed E-state index contributed by atoms with van der Waals surface area (Å²) in [6.07, 6.45) is 4.24. The van der Waals surface area contributed by atoms with Gasteiger partial charge >= 0.3 is 0 Å². The molecule has 86 valence electrons. The summed E-state index contributed by atoms with van der Waals surface area (Å²) in [5.74, 6) is 0.787. The average Bonchev–Trinajstić information content (AvgIpc) is 2.62. The first kappa shape index (κ1) is 11.4. The van der Waals surface area contributed by atoms with Crippen molar-refractivity contribution >= 4 is 14.6 Å². The first-order chi connectivity index (χ1) is 7.51. The van der Waals surface area contributed by atoms with Crippen molar-refractivity contribution < 1.29 is 9.22 Å². The van der Waals surface area contributed by atoms with E-state index in [9.17, 15) is 4.79 Å². The number of rotatable bonds is 3. The van der Waals surface area contributed by atoms with E-state index in [0.717, 1.165) is 36.9 Å². The maximum atomic E-state index is 11.2. The van der Waals surface area contributed by atoms with Crippen LogP contribution in [0.15, 0.2) is 12.1 Å². The van der Waals surface area contributed by atoms with Gasteiger partial charge in [-0.05, 0) is 56.1 Å². The molecule has 0 aliphatic heterocycles. The number of carbonyl (C=O) groups is 1. The van der Waals surface area contributed by atoms with Gasteiger partial charge in [-0.3, -0.25) is 4.79 Å². The molecule has 0 unspecified atom stereocenters. The topological polar surface area (TPSA) is 26.3 Å². The molecule has 16 heavy (non-hydrogen) atoms. The van der Waals surface area contributed by atoms with Gasteiger partial charge in [0, 0.05) is 0 Å². The Morgan fingerprint density at radius 1 is 1.25 bits per heavy atom. The molecule has 0 aromatic heterocycles. The van der Waals surface area contributed by atoms with Crippen LogP contribution in [0.1, 0.15) is 27.9 Å². The fraction of sp³-hybridized carbons (Fsp3) is 0.462.